The van der Waals surface area contributed by atoms with Crippen LogP contribution in [0.3, 0.4) is 0 Å². The van der Waals surface area contributed by atoms with Crippen LogP contribution >= 0.6 is 0 Å². The van der Waals surface area contributed by atoms with Crippen LogP contribution < -0.4 is 35.2 Å². The average Bonchev–Trinajstić information content (AvgIpc) is 3.97. The summed E-state index contributed by atoms with van der Waals surface area (Å²) in [5.74, 6) is -6.73. The van der Waals surface area contributed by atoms with E-state index in [1.54, 1.807) is 30.3 Å². The van der Waals surface area contributed by atoms with Crippen LogP contribution in [-0.4, -0.2) is 126 Å². The molecular weight excluding hydrogens is 772 g/mol. The number of ether oxygens (including phenoxy) is 2. The number of rotatable bonds is 11. The van der Waals surface area contributed by atoms with Gasteiger partial charge in [0.05, 0.1) is 36.7 Å². The summed E-state index contributed by atoms with van der Waals surface area (Å²) < 4.78 is 41.6. The number of hydrogen-bond donors (Lipinski definition) is 3. The van der Waals surface area contributed by atoms with E-state index in [-0.39, 0.29) is 71.8 Å². The molecule has 0 radical (unpaired) electrons. The maximum Gasteiger partial charge on any atom is 0.342 e. The van der Waals surface area contributed by atoms with E-state index < -0.39 is 48.0 Å². The second kappa shape index (κ2) is 15.8. The first-order chi connectivity index (χ1) is 28.3. The Morgan fingerprint density at radius 2 is 1.81 bits per heavy atom. The molecule has 1 unspecified atom stereocenters. The zero-order valence-corrected chi connectivity index (χ0v) is 32.5. The molecule has 8 rings (SSSR count). The minimum absolute atomic E-state index is 0.0224. The van der Waals surface area contributed by atoms with Gasteiger partial charge in [0.25, 0.3) is 23.6 Å². The van der Waals surface area contributed by atoms with Crippen molar-refractivity contribution in [2.75, 3.05) is 62.1 Å². The number of nitrogens with zero attached hydrogens (tertiary/aromatic N) is 6. The van der Waals surface area contributed by atoms with E-state index in [4.69, 9.17) is 9.47 Å². The molecule has 2 saturated heterocycles. The van der Waals surface area contributed by atoms with Gasteiger partial charge in [-0.25, -0.2) is 4.98 Å². The van der Waals surface area contributed by atoms with E-state index in [1.165, 1.54) is 31.3 Å². The first-order valence-electron chi connectivity index (χ1n) is 19.6. The Balaban J connectivity index is 0.871. The third-order valence-electron chi connectivity index (χ3n) is 11.5. The second-order valence-corrected chi connectivity index (χ2v) is 15.3. The van der Waals surface area contributed by atoms with Crippen molar-refractivity contribution in [1.29, 1.82) is 0 Å². The van der Waals surface area contributed by atoms with Gasteiger partial charge in [-0.1, -0.05) is 18.9 Å². The highest BCUT2D eigenvalue weighted by atomic mass is 19.3. The van der Waals surface area contributed by atoms with Crippen molar-refractivity contribution < 1.29 is 47.0 Å². The fourth-order valence-electron chi connectivity index (χ4n) is 8.47. The van der Waals surface area contributed by atoms with Crippen molar-refractivity contribution >= 4 is 58.6 Å². The number of aromatic nitrogens is 2. The largest absolute Gasteiger partial charge is 0.495 e. The highest BCUT2D eigenvalue weighted by molar-refractivity contribution is 6.24. The zero-order valence-electron chi connectivity index (χ0n) is 32.5. The molecule has 3 fully saturated rings. The normalized spacial score (nSPS) is 22.0. The molecule has 3 aromatic rings. The molecule has 1 saturated carbocycles. The molecule has 1 aliphatic carbocycles. The Kier molecular flexibility index (Phi) is 10.6. The van der Waals surface area contributed by atoms with E-state index in [1.807, 2.05) is 0 Å². The first kappa shape index (κ1) is 39.6. The lowest BCUT2D eigenvalue weighted by atomic mass is 10.0. The van der Waals surface area contributed by atoms with Crippen LogP contribution in [0.1, 0.15) is 76.0 Å². The summed E-state index contributed by atoms with van der Waals surface area (Å²) in [5.41, 5.74) is 1.19. The number of benzene rings is 2. The zero-order chi connectivity index (χ0) is 41.6. The first-order valence-corrected chi connectivity index (χ1v) is 19.6. The van der Waals surface area contributed by atoms with E-state index in [0.29, 0.717) is 55.9 Å². The standard InChI is InChI=1S/C40H43F2N9O8/c1-48-28-19-43-39(47-33(28)50(24-6-3-4-7-24)21-40(41,42)38(48)57)45-26-11-10-22(18-30(26)58-2)34(53)44-23-14-15-49(20-23)16-17-59-29-9-5-8-25-32(29)37(56)51(36(25)55)27-12-13-31(52)46-35(27)54/h5,8-11,18-19,23-24,27H,3-4,6-7,12-17,20-21H2,1-2H3,(H,44,53)(H,43,45,47)(H,46,52,54)/t23-,27?/m1/s1. The molecule has 310 valence electrons. The topological polar surface area (TPSA) is 196 Å². The summed E-state index contributed by atoms with van der Waals surface area (Å²) in [4.78, 5) is 91.0. The molecule has 17 nitrogen and oxygen atoms in total. The SMILES string of the molecule is COc1cc(C(=O)N[C@@H]2CCN(CCOc3cccc4c3C(=O)N(C3CCC(=O)NC3=O)C4=O)C2)ccc1Nc1ncc2c(n1)N(C1CCCC1)CC(F)(F)C(=O)N2C. The number of halogens is 2. The Labute approximate surface area is 337 Å². The number of anilines is 4. The van der Waals surface area contributed by atoms with E-state index in [0.717, 1.165) is 22.6 Å². The molecule has 5 heterocycles. The van der Waals surface area contributed by atoms with E-state index in [2.05, 4.69) is 30.8 Å². The Bertz CT molecular complexity index is 2230. The van der Waals surface area contributed by atoms with Crippen molar-refractivity contribution in [3.63, 3.8) is 0 Å². The Hall–Kier alpha value is -6.24. The Morgan fingerprint density at radius 3 is 2.58 bits per heavy atom. The van der Waals surface area contributed by atoms with Crippen molar-refractivity contribution in [2.24, 2.45) is 0 Å². The van der Waals surface area contributed by atoms with Gasteiger partial charge in [0, 0.05) is 50.7 Å². The number of piperidine rings is 1. The van der Waals surface area contributed by atoms with Crippen LogP contribution in [0.4, 0.5) is 31.9 Å². The molecule has 6 amide bonds. The molecule has 59 heavy (non-hydrogen) atoms. The summed E-state index contributed by atoms with van der Waals surface area (Å²) in [6.45, 7) is 1.10. The van der Waals surface area contributed by atoms with Gasteiger partial charge < -0.3 is 29.9 Å². The second-order valence-electron chi connectivity index (χ2n) is 15.3. The molecule has 0 spiro atoms. The molecule has 1 aromatic heterocycles. The van der Waals surface area contributed by atoms with E-state index in [9.17, 15) is 28.8 Å². The van der Waals surface area contributed by atoms with Gasteiger partial charge in [0.15, 0.2) is 5.82 Å². The molecule has 4 aliphatic heterocycles. The number of hydrogen-bond acceptors (Lipinski definition) is 13. The van der Waals surface area contributed by atoms with Gasteiger partial charge in [-0.15, -0.1) is 0 Å². The quantitative estimate of drug-likeness (QED) is 0.240. The van der Waals surface area contributed by atoms with Gasteiger partial charge >= 0.3 is 5.92 Å². The number of methoxy groups -OCH3 is 1. The summed E-state index contributed by atoms with van der Waals surface area (Å²) in [5, 5.41) is 8.34. The average molecular weight is 816 g/mol. The van der Waals surface area contributed by atoms with Crippen molar-refractivity contribution in [1.82, 2.24) is 30.4 Å². The fraction of sp³-hybridized carbons (Fsp3) is 0.450. The summed E-state index contributed by atoms with van der Waals surface area (Å²) >= 11 is 0. The monoisotopic (exact) mass is 815 g/mol. The molecular formula is C40H43F2N9O8. The lowest BCUT2D eigenvalue weighted by Gasteiger charge is -2.31. The minimum Gasteiger partial charge on any atom is -0.495 e. The molecule has 0 bridgehead atoms. The smallest absolute Gasteiger partial charge is 0.342 e. The molecule has 2 atom stereocenters. The van der Waals surface area contributed by atoms with E-state index >= 15 is 8.78 Å². The van der Waals surface area contributed by atoms with Crippen molar-refractivity contribution in [3.05, 3.63) is 59.3 Å². The predicted molar refractivity (Wildman–Crippen MR) is 207 cm³/mol. The minimum atomic E-state index is -3.60. The molecule has 3 N–H and O–H groups in total. The van der Waals surface area contributed by atoms with Gasteiger partial charge in [-0.2, -0.15) is 13.8 Å². The Morgan fingerprint density at radius 1 is 1.02 bits per heavy atom. The van der Waals surface area contributed by atoms with Crippen molar-refractivity contribution in [3.8, 4) is 11.5 Å². The predicted octanol–water partition coefficient (Wildman–Crippen LogP) is 2.87. The third kappa shape index (κ3) is 7.61. The van der Waals surface area contributed by atoms with Crippen LogP contribution in [-0.2, 0) is 14.4 Å². The summed E-state index contributed by atoms with van der Waals surface area (Å²) in [6, 6.07) is 8.11. The van der Waals surface area contributed by atoms with Crippen molar-refractivity contribution in [2.45, 2.75) is 69.0 Å². The van der Waals surface area contributed by atoms with Gasteiger partial charge in [0.1, 0.15) is 29.8 Å². The number of nitrogens with one attached hydrogen (secondary N) is 3. The third-order valence-corrected chi connectivity index (χ3v) is 11.5. The molecule has 19 heteroatoms. The van der Waals surface area contributed by atoms with Gasteiger partial charge in [-0.05, 0) is 56.0 Å². The van der Waals surface area contributed by atoms with Crippen LogP contribution in [0.15, 0.2) is 42.6 Å². The molecule has 5 aliphatic rings. The maximum atomic E-state index is 15.0. The maximum absolute atomic E-state index is 15.0. The van der Waals surface area contributed by atoms with Crippen LogP contribution in [0.25, 0.3) is 0 Å². The van der Waals surface area contributed by atoms with Gasteiger partial charge in [-0.3, -0.25) is 43.9 Å². The number of carbonyl (C=O) groups is 6. The van der Waals surface area contributed by atoms with Crippen LogP contribution in [0.5, 0.6) is 11.5 Å². The van der Waals surface area contributed by atoms with Crippen LogP contribution in [0, 0.1) is 0 Å². The molecule has 2 aromatic carbocycles. The lowest BCUT2D eigenvalue weighted by Crippen LogP contribution is -2.54. The summed E-state index contributed by atoms with van der Waals surface area (Å²) in [7, 11) is 2.75. The highest BCUT2D eigenvalue weighted by Crippen LogP contribution is 2.40. The number of carbonyl (C=O) groups excluding carboxylic acids is 6. The fourth-order valence-corrected chi connectivity index (χ4v) is 8.47. The van der Waals surface area contributed by atoms with Crippen LogP contribution in [0.2, 0.25) is 0 Å². The van der Waals surface area contributed by atoms with Gasteiger partial charge in [0.2, 0.25) is 17.8 Å². The summed E-state index contributed by atoms with van der Waals surface area (Å²) in [6.07, 6.45) is 5.33. The number of likely N-dealkylation sites (tertiary alicyclic amines) is 1. The number of imide groups is 2. The number of fused-ring (bicyclic) bond motifs is 2. The number of alkyl halides is 2. The highest BCUT2D eigenvalue weighted by Gasteiger charge is 2.49. The number of amides is 6. The lowest BCUT2D eigenvalue weighted by molar-refractivity contribution is -0.140.